The number of carbonyl (C=O) groups excluding carboxylic acids is 3. The van der Waals surface area contributed by atoms with Crippen LogP contribution in [0.2, 0.25) is 0 Å². The summed E-state index contributed by atoms with van der Waals surface area (Å²) in [4.78, 5) is 36.5. The van der Waals surface area contributed by atoms with Crippen molar-refractivity contribution in [1.82, 2.24) is 14.9 Å². The smallest absolute Gasteiger partial charge is 0.324 e. The van der Waals surface area contributed by atoms with Crippen LogP contribution in [0.1, 0.15) is 35.3 Å². The fourth-order valence-corrected chi connectivity index (χ4v) is 6.04. The van der Waals surface area contributed by atoms with Gasteiger partial charge in [-0.1, -0.05) is 17.7 Å². The Bertz CT molecular complexity index is 1120. The second-order valence-electron chi connectivity index (χ2n) is 7.92. The molecule has 1 aromatic heterocycles. The zero-order valence-corrected chi connectivity index (χ0v) is 19.5. The highest BCUT2D eigenvalue weighted by molar-refractivity contribution is 7.89. The quantitative estimate of drug-likeness (QED) is 0.582. The third-order valence-corrected chi connectivity index (χ3v) is 7.46. The minimum Gasteiger partial charge on any atom is -0.467 e. The zero-order chi connectivity index (χ0) is 24.2. The number of amides is 3. The number of nitrogens with zero attached hydrogens (tertiary/aromatic N) is 1. The lowest BCUT2D eigenvalue weighted by molar-refractivity contribution is -0.151. The summed E-state index contributed by atoms with van der Waals surface area (Å²) >= 11 is 0. The van der Waals surface area contributed by atoms with Gasteiger partial charge in [-0.2, -0.15) is 4.31 Å². The minimum atomic E-state index is -3.94. The van der Waals surface area contributed by atoms with E-state index in [1.54, 1.807) is 38.1 Å². The lowest BCUT2D eigenvalue weighted by atomic mass is 10.1. The summed E-state index contributed by atoms with van der Waals surface area (Å²) in [6.07, 6.45) is 2.23. The molecule has 0 aliphatic carbocycles. The molecular formula is C22H27N3O7S. The predicted molar refractivity (Wildman–Crippen MR) is 118 cm³/mol. The van der Waals surface area contributed by atoms with Crippen LogP contribution in [0.15, 0.2) is 39.8 Å². The molecule has 3 amide bonds. The van der Waals surface area contributed by atoms with Gasteiger partial charge in [-0.05, 0) is 56.9 Å². The van der Waals surface area contributed by atoms with Crippen LogP contribution in [0.3, 0.4) is 0 Å². The summed E-state index contributed by atoms with van der Waals surface area (Å²) in [6.45, 7) is 4.87. The third kappa shape index (κ3) is 5.79. The standard InChI is InChI=1S/C22H27N3O7S/c1-14-10-15(2)20(16(3)11-14)33(29,30)25-8-4-7-18(25)21(27)32-13-19(26)24-22(28)23-12-17-6-5-9-31-17/h5-6,9-11,18H,4,7-8,12-13H2,1-3H3,(H2,23,24,26,28). The number of carbonyl (C=O) groups is 3. The Morgan fingerprint density at radius 2 is 1.88 bits per heavy atom. The van der Waals surface area contributed by atoms with Crippen molar-refractivity contribution in [3.63, 3.8) is 0 Å². The molecule has 1 saturated heterocycles. The first kappa shape index (κ1) is 24.5. The highest BCUT2D eigenvalue weighted by atomic mass is 32.2. The largest absolute Gasteiger partial charge is 0.467 e. The maximum atomic E-state index is 13.3. The molecule has 11 heteroatoms. The van der Waals surface area contributed by atoms with E-state index in [0.717, 1.165) is 9.87 Å². The van der Waals surface area contributed by atoms with Crippen molar-refractivity contribution in [1.29, 1.82) is 0 Å². The molecular weight excluding hydrogens is 450 g/mol. The van der Waals surface area contributed by atoms with Gasteiger partial charge < -0.3 is 14.5 Å². The average Bonchev–Trinajstić information content (AvgIpc) is 3.41. The third-order valence-electron chi connectivity index (χ3n) is 5.25. The maximum absolute atomic E-state index is 13.3. The second-order valence-corrected chi connectivity index (χ2v) is 9.75. The minimum absolute atomic E-state index is 0.0820. The number of aryl methyl sites for hydroxylation is 3. The lowest BCUT2D eigenvalue weighted by Crippen LogP contribution is -2.44. The summed E-state index contributed by atoms with van der Waals surface area (Å²) < 4.78 is 37.9. The van der Waals surface area contributed by atoms with E-state index in [1.807, 2.05) is 12.2 Å². The Morgan fingerprint density at radius 1 is 1.18 bits per heavy atom. The molecule has 10 nitrogen and oxygen atoms in total. The van der Waals surface area contributed by atoms with Crippen molar-refractivity contribution >= 4 is 27.9 Å². The Balaban J connectivity index is 1.58. The molecule has 1 fully saturated rings. The fourth-order valence-electron chi connectivity index (χ4n) is 3.97. The number of esters is 1. The molecule has 2 heterocycles. The molecule has 0 spiro atoms. The highest BCUT2D eigenvalue weighted by Gasteiger charge is 2.41. The Labute approximate surface area is 192 Å². The van der Waals surface area contributed by atoms with Crippen molar-refractivity contribution in [2.45, 2.75) is 51.1 Å². The van der Waals surface area contributed by atoms with Crippen molar-refractivity contribution in [3.05, 3.63) is 53.0 Å². The highest BCUT2D eigenvalue weighted by Crippen LogP contribution is 2.31. The molecule has 1 aromatic carbocycles. The number of rotatable bonds is 7. The molecule has 178 valence electrons. The number of hydrogen-bond acceptors (Lipinski definition) is 7. The molecule has 1 unspecified atom stereocenters. The molecule has 2 N–H and O–H groups in total. The van der Waals surface area contributed by atoms with Crippen LogP contribution in [-0.4, -0.2) is 49.8 Å². The van der Waals surface area contributed by atoms with Gasteiger partial charge in [0.15, 0.2) is 6.61 Å². The molecule has 1 aliphatic heterocycles. The molecule has 0 saturated carbocycles. The lowest BCUT2D eigenvalue weighted by Gasteiger charge is -2.24. The number of benzene rings is 1. The van der Waals surface area contributed by atoms with Gasteiger partial charge in [-0.15, -0.1) is 0 Å². The molecule has 3 rings (SSSR count). The average molecular weight is 478 g/mol. The van der Waals surface area contributed by atoms with Crippen LogP contribution >= 0.6 is 0 Å². The molecule has 1 atom stereocenters. The Hall–Kier alpha value is -3.18. The first-order valence-corrected chi connectivity index (χ1v) is 11.9. The van der Waals surface area contributed by atoms with Gasteiger partial charge in [0.25, 0.3) is 5.91 Å². The van der Waals surface area contributed by atoms with E-state index in [-0.39, 0.29) is 24.4 Å². The Kier molecular flexibility index (Phi) is 7.54. The summed E-state index contributed by atoms with van der Waals surface area (Å²) in [6, 6.07) is 5.08. The topological polar surface area (TPSA) is 135 Å². The van der Waals surface area contributed by atoms with Crippen LogP contribution in [0.25, 0.3) is 0 Å². The van der Waals surface area contributed by atoms with Gasteiger partial charge in [0, 0.05) is 6.54 Å². The zero-order valence-electron chi connectivity index (χ0n) is 18.7. The van der Waals surface area contributed by atoms with E-state index in [1.165, 1.54) is 6.26 Å². The first-order chi connectivity index (χ1) is 15.6. The van der Waals surface area contributed by atoms with E-state index in [4.69, 9.17) is 9.15 Å². The van der Waals surface area contributed by atoms with Crippen LogP contribution < -0.4 is 10.6 Å². The number of urea groups is 1. The predicted octanol–water partition coefficient (Wildman–Crippen LogP) is 1.93. The number of nitrogens with one attached hydrogen (secondary N) is 2. The number of sulfonamides is 1. The van der Waals surface area contributed by atoms with Crippen molar-refractivity contribution < 1.29 is 32.0 Å². The number of furan rings is 1. The van der Waals surface area contributed by atoms with E-state index < -0.39 is 40.6 Å². The van der Waals surface area contributed by atoms with Crippen LogP contribution in [0, 0.1) is 20.8 Å². The summed E-state index contributed by atoms with van der Waals surface area (Å²) in [5.74, 6) is -1.16. The maximum Gasteiger partial charge on any atom is 0.324 e. The SMILES string of the molecule is Cc1cc(C)c(S(=O)(=O)N2CCCC2C(=O)OCC(=O)NC(=O)NCc2ccco2)c(C)c1. The van der Waals surface area contributed by atoms with Crippen molar-refractivity contribution in [2.75, 3.05) is 13.2 Å². The summed E-state index contributed by atoms with van der Waals surface area (Å²) in [5.41, 5.74) is 2.15. The number of imide groups is 1. The van der Waals surface area contributed by atoms with Gasteiger partial charge in [0.05, 0.1) is 17.7 Å². The summed E-state index contributed by atoms with van der Waals surface area (Å²) in [7, 11) is -3.94. The van der Waals surface area contributed by atoms with Gasteiger partial charge in [-0.3, -0.25) is 14.9 Å². The van der Waals surface area contributed by atoms with E-state index in [2.05, 4.69) is 5.32 Å². The first-order valence-electron chi connectivity index (χ1n) is 10.5. The van der Waals surface area contributed by atoms with Gasteiger partial charge in [0.1, 0.15) is 11.8 Å². The van der Waals surface area contributed by atoms with E-state index in [9.17, 15) is 22.8 Å². The molecule has 2 aromatic rings. The number of hydrogen-bond donors (Lipinski definition) is 2. The summed E-state index contributed by atoms with van der Waals surface area (Å²) in [5, 5.41) is 4.46. The Morgan fingerprint density at radius 3 is 2.52 bits per heavy atom. The van der Waals surface area contributed by atoms with Crippen molar-refractivity contribution in [3.8, 4) is 0 Å². The van der Waals surface area contributed by atoms with Crippen molar-refractivity contribution in [2.24, 2.45) is 0 Å². The molecule has 0 radical (unpaired) electrons. The normalized spacial score (nSPS) is 16.4. The van der Waals surface area contributed by atoms with E-state index >= 15 is 0 Å². The molecule has 0 bridgehead atoms. The van der Waals surface area contributed by atoms with Crippen LogP contribution in [0.5, 0.6) is 0 Å². The van der Waals surface area contributed by atoms with Crippen LogP contribution in [0.4, 0.5) is 4.79 Å². The second kappa shape index (κ2) is 10.2. The van der Waals surface area contributed by atoms with Gasteiger partial charge in [-0.25, -0.2) is 13.2 Å². The van der Waals surface area contributed by atoms with Crippen LogP contribution in [-0.2, 0) is 30.9 Å². The van der Waals surface area contributed by atoms with E-state index in [0.29, 0.717) is 23.3 Å². The van der Waals surface area contributed by atoms with Gasteiger partial charge >= 0.3 is 12.0 Å². The van der Waals surface area contributed by atoms with Gasteiger partial charge in [0.2, 0.25) is 10.0 Å². The monoisotopic (exact) mass is 477 g/mol. The molecule has 33 heavy (non-hydrogen) atoms. The fraction of sp³-hybridized carbons (Fsp3) is 0.409. The molecule has 1 aliphatic rings. The number of ether oxygens (including phenoxy) is 1.